The second kappa shape index (κ2) is 5.88. The summed E-state index contributed by atoms with van der Waals surface area (Å²) in [6, 6.07) is 7.88. The van der Waals surface area contributed by atoms with Crippen molar-refractivity contribution in [2.75, 3.05) is 5.32 Å². The molecule has 1 aromatic rings. The highest BCUT2D eigenvalue weighted by atomic mass is 16.2. The molecule has 1 aromatic carbocycles. The fourth-order valence-corrected chi connectivity index (χ4v) is 2.86. The maximum atomic E-state index is 12.2. The van der Waals surface area contributed by atoms with E-state index >= 15 is 0 Å². The summed E-state index contributed by atoms with van der Waals surface area (Å²) in [6.07, 6.45) is 5.50. The Morgan fingerprint density at radius 1 is 1.10 bits per heavy atom. The van der Waals surface area contributed by atoms with E-state index in [0.717, 1.165) is 23.1 Å². The summed E-state index contributed by atoms with van der Waals surface area (Å²) >= 11 is 0. The van der Waals surface area contributed by atoms with Gasteiger partial charge >= 0.3 is 0 Å². The Kier molecular flexibility index (Phi) is 3.95. The molecule has 2 amide bonds. The van der Waals surface area contributed by atoms with E-state index in [4.69, 9.17) is 0 Å². The Balaban J connectivity index is 1.52. The maximum absolute atomic E-state index is 12.2. The van der Waals surface area contributed by atoms with Crippen LogP contribution in [0.1, 0.15) is 38.2 Å². The molecule has 0 atom stereocenters. The van der Waals surface area contributed by atoms with E-state index in [2.05, 4.69) is 10.6 Å². The Bertz CT molecular complexity index is 518. The third-order valence-corrected chi connectivity index (χ3v) is 4.23. The minimum absolute atomic E-state index is 0.0859. The van der Waals surface area contributed by atoms with E-state index in [9.17, 15) is 9.59 Å². The zero-order valence-corrected chi connectivity index (χ0v) is 12.4. The first kappa shape index (κ1) is 14.1. The molecule has 4 heteroatoms. The molecule has 21 heavy (non-hydrogen) atoms. The monoisotopic (exact) mass is 286 g/mol. The molecule has 0 aliphatic heterocycles. The number of benzene rings is 1. The molecule has 4 nitrogen and oxygen atoms in total. The molecule has 0 unspecified atom stereocenters. The topological polar surface area (TPSA) is 58.2 Å². The van der Waals surface area contributed by atoms with E-state index < -0.39 is 0 Å². The molecular formula is C17H22N2O2. The summed E-state index contributed by atoms with van der Waals surface area (Å²) in [4.78, 5) is 23.1. The highest BCUT2D eigenvalue weighted by molar-refractivity contribution is 5.88. The number of amides is 2. The SMILES string of the molecule is CC(=O)Nc1ccc(CC(=O)NC(C2CC2)C2CC2)cc1. The zero-order chi connectivity index (χ0) is 14.8. The van der Waals surface area contributed by atoms with E-state index in [1.807, 2.05) is 24.3 Å². The van der Waals surface area contributed by atoms with Crippen molar-refractivity contribution in [2.24, 2.45) is 11.8 Å². The molecule has 2 aliphatic rings. The lowest BCUT2D eigenvalue weighted by Crippen LogP contribution is -2.38. The van der Waals surface area contributed by atoms with Crippen molar-refractivity contribution >= 4 is 17.5 Å². The highest BCUT2D eigenvalue weighted by Gasteiger charge is 2.42. The average molecular weight is 286 g/mol. The molecule has 3 rings (SSSR count). The van der Waals surface area contributed by atoms with Crippen molar-refractivity contribution in [3.63, 3.8) is 0 Å². The summed E-state index contributed by atoms with van der Waals surface area (Å²) in [6.45, 7) is 1.48. The quantitative estimate of drug-likeness (QED) is 0.844. The number of hydrogen-bond acceptors (Lipinski definition) is 2. The molecular weight excluding hydrogens is 264 g/mol. The Hall–Kier alpha value is -1.84. The summed E-state index contributed by atoms with van der Waals surface area (Å²) < 4.78 is 0. The van der Waals surface area contributed by atoms with Crippen LogP contribution in [-0.2, 0) is 16.0 Å². The summed E-state index contributed by atoms with van der Waals surface area (Å²) in [5.41, 5.74) is 1.74. The Morgan fingerprint density at radius 2 is 1.67 bits per heavy atom. The van der Waals surface area contributed by atoms with Crippen molar-refractivity contribution in [1.82, 2.24) is 5.32 Å². The van der Waals surface area contributed by atoms with Gasteiger partial charge in [-0.3, -0.25) is 9.59 Å². The van der Waals surface area contributed by atoms with E-state index in [1.165, 1.54) is 32.6 Å². The van der Waals surface area contributed by atoms with Gasteiger partial charge in [0.05, 0.1) is 6.42 Å². The maximum Gasteiger partial charge on any atom is 0.224 e. The third-order valence-electron chi connectivity index (χ3n) is 4.23. The van der Waals surface area contributed by atoms with Gasteiger partial charge in [0.25, 0.3) is 0 Å². The van der Waals surface area contributed by atoms with Crippen LogP contribution < -0.4 is 10.6 Å². The van der Waals surface area contributed by atoms with Gasteiger partial charge in [0.1, 0.15) is 0 Å². The van der Waals surface area contributed by atoms with Gasteiger partial charge < -0.3 is 10.6 Å². The van der Waals surface area contributed by atoms with Crippen LogP contribution in [0.15, 0.2) is 24.3 Å². The van der Waals surface area contributed by atoms with Crippen molar-refractivity contribution in [3.8, 4) is 0 Å². The van der Waals surface area contributed by atoms with E-state index in [1.54, 1.807) is 0 Å². The number of nitrogens with one attached hydrogen (secondary N) is 2. The Morgan fingerprint density at radius 3 is 2.14 bits per heavy atom. The Labute approximate surface area is 125 Å². The largest absolute Gasteiger partial charge is 0.353 e. The number of carbonyl (C=O) groups excluding carboxylic acids is 2. The van der Waals surface area contributed by atoms with Gasteiger partial charge in [-0.05, 0) is 55.2 Å². The van der Waals surface area contributed by atoms with Crippen LogP contribution in [0, 0.1) is 11.8 Å². The predicted molar refractivity (Wildman–Crippen MR) is 81.8 cm³/mol. The van der Waals surface area contributed by atoms with Gasteiger partial charge in [0.2, 0.25) is 11.8 Å². The number of anilines is 1. The molecule has 0 radical (unpaired) electrons. The van der Waals surface area contributed by atoms with E-state index in [-0.39, 0.29) is 11.8 Å². The first-order chi connectivity index (χ1) is 10.1. The fourth-order valence-electron chi connectivity index (χ4n) is 2.86. The van der Waals surface area contributed by atoms with Crippen LogP contribution >= 0.6 is 0 Å². The lowest BCUT2D eigenvalue weighted by Gasteiger charge is -2.17. The van der Waals surface area contributed by atoms with E-state index in [0.29, 0.717) is 12.5 Å². The molecule has 0 saturated heterocycles. The van der Waals surface area contributed by atoms with Gasteiger partial charge in [-0.25, -0.2) is 0 Å². The summed E-state index contributed by atoms with van der Waals surface area (Å²) in [5.74, 6) is 1.48. The molecule has 0 aromatic heterocycles. The van der Waals surface area contributed by atoms with Gasteiger partial charge in [-0.2, -0.15) is 0 Å². The molecule has 0 heterocycles. The van der Waals surface area contributed by atoms with Crippen molar-refractivity contribution in [2.45, 2.75) is 45.1 Å². The van der Waals surface area contributed by atoms with Crippen LogP contribution in [0.3, 0.4) is 0 Å². The minimum atomic E-state index is -0.0859. The molecule has 2 saturated carbocycles. The smallest absolute Gasteiger partial charge is 0.224 e. The zero-order valence-electron chi connectivity index (χ0n) is 12.4. The van der Waals surface area contributed by atoms with Crippen LogP contribution in [0.2, 0.25) is 0 Å². The van der Waals surface area contributed by atoms with Crippen LogP contribution in [0.4, 0.5) is 5.69 Å². The lowest BCUT2D eigenvalue weighted by molar-refractivity contribution is -0.121. The van der Waals surface area contributed by atoms with Gasteiger partial charge in [0, 0.05) is 18.7 Å². The van der Waals surface area contributed by atoms with Gasteiger partial charge in [0.15, 0.2) is 0 Å². The summed E-state index contributed by atoms with van der Waals surface area (Å²) in [7, 11) is 0. The van der Waals surface area contributed by atoms with Gasteiger partial charge in [-0.1, -0.05) is 12.1 Å². The molecule has 2 fully saturated rings. The second-order valence-electron chi connectivity index (χ2n) is 6.32. The minimum Gasteiger partial charge on any atom is -0.353 e. The van der Waals surface area contributed by atoms with Crippen molar-refractivity contribution < 1.29 is 9.59 Å². The summed E-state index contributed by atoms with van der Waals surface area (Å²) in [5, 5.41) is 5.95. The molecule has 2 N–H and O–H groups in total. The molecule has 0 bridgehead atoms. The van der Waals surface area contributed by atoms with Crippen molar-refractivity contribution in [1.29, 1.82) is 0 Å². The third kappa shape index (κ3) is 4.06. The first-order valence-electron chi connectivity index (χ1n) is 7.78. The van der Waals surface area contributed by atoms with Gasteiger partial charge in [-0.15, -0.1) is 0 Å². The fraction of sp³-hybridized carbons (Fsp3) is 0.529. The number of hydrogen-bond donors (Lipinski definition) is 2. The predicted octanol–water partition coefficient (Wildman–Crippen LogP) is 2.49. The molecule has 2 aliphatic carbocycles. The first-order valence-corrected chi connectivity index (χ1v) is 7.78. The highest BCUT2D eigenvalue weighted by Crippen LogP contribution is 2.44. The lowest BCUT2D eigenvalue weighted by atomic mass is 10.1. The van der Waals surface area contributed by atoms with Crippen LogP contribution in [0.5, 0.6) is 0 Å². The second-order valence-corrected chi connectivity index (χ2v) is 6.32. The average Bonchev–Trinajstić information content (AvgIpc) is 3.30. The molecule has 0 spiro atoms. The number of rotatable bonds is 6. The van der Waals surface area contributed by atoms with Crippen LogP contribution in [-0.4, -0.2) is 17.9 Å². The van der Waals surface area contributed by atoms with Crippen molar-refractivity contribution in [3.05, 3.63) is 29.8 Å². The number of carbonyl (C=O) groups is 2. The standard InChI is InChI=1S/C17H22N2O2/c1-11(20)18-15-8-2-12(3-9-15)10-16(21)19-17(13-4-5-13)14-6-7-14/h2-3,8-9,13-14,17H,4-7,10H2,1H3,(H,18,20)(H,19,21). The molecule has 112 valence electrons. The normalized spacial score (nSPS) is 17.6. The van der Waals surface area contributed by atoms with Crippen LogP contribution in [0.25, 0.3) is 0 Å².